The van der Waals surface area contributed by atoms with Gasteiger partial charge in [0.25, 0.3) is 5.91 Å². The first-order valence-electron chi connectivity index (χ1n) is 7.61. The van der Waals surface area contributed by atoms with Gasteiger partial charge in [0, 0.05) is 11.9 Å². The number of nitrogens with zero attached hydrogens (tertiary/aromatic N) is 1. The van der Waals surface area contributed by atoms with E-state index in [4.69, 9.17) is 14.2 Å². The first-order chi connectivity index (χ1) is 11.5. The van der Waals surface area contributed by atoms with E-state index in [-0.39, 0.29) is 12.5 Å². The molecule has 0 unspecified atom stereocenters. The van der Waals surface area contributed by atoms with Crippen molar-refractivity contribution in [2.75, 3.05) is 20.8 Å². The summed E-state index contributed by atoms with van der Waals surface area (Å²) in [6.45, 7) is 4.95. The zero-order valence-electron chi connectivity index (χ0n) is 14.3. The Balaban J connectivity index is 2.02. The average molecular weight is 350 g/mol. The third kappa shape index (κ3) is 4.61. The molecule has 7 heteroatoms. The van der Waals surface area contributed by atoms with Crippen LogP contribution in [0.2, 0.25) is 0 Å². The van der Waals surface area contributed by atoms with Gasteiger partial charge in [-0.1, -0.05) is 19.9 Å². The van der Waals surface area contributed by atoms with Crippen molar-refractivity contribution >= 4 is 17.2 Å². The summed E-state index contributed by atoms with van der Waals surface area (Å²) < 4.78 is 16.4. The summed E-state index contributed by atoms with van der Waals surface area (Å²) >= 11 is 1.38. The first kappa shape index (κ1) is 18.1. The molecule has 1 amide bonds. The van der Waals surface area contributed by atoms with Crippen molar-refractivity contribution in [1.29, 1.82) is 0 Å². The summed E-state index contributed by atoms with van der Waals surface area (Å²) in [5.41, 5.74) is 0.409. The summed E-state index contributed by atoms with van der Waals surface area (Å²) in [6.07, 6.45) is 0. The number of hydrogen-bond donors (Lipinski definition) is 1. The molecule has 0 spiro atoms. The van der Waals surface area contributed by atoms with E-state index in [1.807, 2.05) is 19.9 Å². The summed E-state index contributed by atoms with van der Waals surface area (Å²) in [5.74, 6) is 1.92. The molecule has 2 aromatic rings. The van der Waals surface area contributed by atoms with Gasteiger partial charge in [0.2, 0.25) is 5.75 Å². The molecule has 0 saturated carbocycles. The van der Waals surface area contributed by atoms with Gasteiger partial charge in [-0.3, -0.25) is 4.79 Å². The number of hydrogen-bond acceptors (Lipinski definition) is 6. The molecule has 2 rings (SSSR count). The van der Waals surface area contributed by atoms with Gasteiger partial charge in [-0.25, -0.2) is 4.98 Å². The molecule has 1 aromatic heterocycles. The molecule has 0 aliphatic rings. The summed E-state index contributed by atoms with van der Waals surface area (Å²) in [4.78, 5) is 16.3. The number of rotatable bonds is 8. The summed E-state index contributed by atoms with van der Waals surface area (Å²) in [6, 6.07) is 5.42. The zero-order chi connectivity index (χ0) is 17.5. The fourth-order valence-corrected chi connectivity index (χ4v) is 2.65. The Bertz CT molecular complexity index is 663. The average Bonchev–Trinajstić information content (AvgIpc) is 3.06. The van der Waals surface area contributed by atoms with Gasteiger partial charge < -0.3 is 19.5 Å². The molecule has 0 bridgehead atoms. The number of aromatic nitrogens is 1. The third-order valence-electron chi connectivity index (χ3n) is 3.18. The minimum atomic E-state index is -0.166. The molecule has 0 atom stereocenters. The Labute approximate surface area is 145 Å². The number of thiazole rings is 1. The predicted molar refractivity (Wildman–Crippen MR) is 93.2 cm³/mol. The number of methoxy groups -OCH3 is 2. The second kappa shape index (κ2) is 8.54. The molecular weight excluding hydrogens is 328 g/mol. The Hall–Kier alpha value is -2.28. The van der Waals surface area contributed by atoms with Gasteiger partial charge >= 0.3 is 0 Å². The van der Waals surface area contributed by atoms with Crippen LogP contribution in [0.4, 0.5) is 0 Å². The Kier molecular flexibility index (Phi) is 6.43. The Morgan fingerprint density at radius 3 is 2.50 bits per heavy atom. The van der Waals surface area contributed by atoms with Crippen LogP contribution in [-0.2, 0) is 6.61 Å². The molecule has 0 fully saturated rings. The van der Waals surface area contributed by atoms with Crippen molar-refractivity contribution in [2.45, 2.75) is 20.5 Å². The fraction of sp³-hybridized carbons (Fsp3) is 0.412. The van der Waals surface area contributed by atoms with Gasteiger partial charge in [-0.15, -0.1) is 11.3 Å². The smallest absolute Gasteiger partial charge is 0.270 e. The number of para-hydroxylation sites is 1. The monoisotopic (exact) mass is 350 g/mol. The van der Waals surface area contributed by atoms with Crippen LogP contribution in [0.5, 0.6) is 17.2 Å². The number of benzene rings is 1. The standard InChI is InChI=1S/C17H22N2O4S/c1-11(2)8-18-17(20)12-10-24-15(19-12)9-23-16-13(21-3)6-5-7-14(16)22-4/h5-7,10-11H,8-9H2,1-4H3,(H,18,20). The highest BCUT2D eigenvalue weighted by atomic mass is 32.1. The lowest BCUT2D eigenvalue weighted by molar-refractivity contribution is 0.0944. The molecule has 0 aliphatic carbocycles. The number of amides is 1. The summed E-state index contributed by atoms with van der Waals surface area (Å²) in [7, 11) is 3.14. The minimum absolute atomic E-state index is 0.166. The van der Waals surface area contributed by atoms with Gasteiger partial charge in [0.1, 0.15) is 17.3 Å². The van der Waals surface area contributed by atoms with E-state index >= 15 is 0 Å². The number of ether oxygens (including phenoxy) is 3. The molecule has 6 nitrogen and oxygen atoms in total. The molecule has 130 valence electrons. The molecule has 0 saturated heterocycles. The van der Waals surface area contributed by atoms with Crippen LogP contribution in [0, 0.1) is 5.92 Å². The van der Waals surface area contributed by atoms with Gasteiger partial charge in [0.05, 0.1) is 14.2 Å². The van der Waals surface area contributed by atoms with Crippen molar-refractivity contribution in [3.63, 3.8) is 0 Å². The minimum Gasteiger partial charge on any atom is -0.493 e. The third-order valence-corrected chi connectivity index (χ3v) is 4.00. The molecule has 24 heavy (non-hydrogen) atoms. The molecule has 1 N–H and O–H groups in total. The van der Waals surface area contributed by atoms with Crippen molar-refractivity contribution in [3.05, 3.63) is 34.3 Å². The van der Waals surface area contributed by atoms with E-state index in [9.17, 15) is 4.79 Å². The van der Waals surface area contributed by atoms with E-state index in [2.05, 4.69) is 10.3 Å². The lowest BCUT2D eigenvalue weighted by Gasteiger charge is -2.13. The van der Waals surface area contributed by atoms with Crippen LogP contribution in [-0.4, -0.2) is 31.7 Å². The second-order valence-electron chi connectivity index (χ2n) is 5.51. The van der Waals surface area contributed by atoms with E-state index < -0.39 is 0 Å². The van der Waals surface area contributed by atoms with Gasteiger partial charge in [-0.2, -0.15) is 0 Å². The largest absolute Gasteiger partial charge is 0.493 e. The maximum atomic E-state index is 12.0. The Morgan fingerprint density at radius 1 is 1.25 bits per heavy atom. The Morgan fingerprint density at radius 2 is 1.92 bits per heavy atom. The predicted octanol–water partition coefficient (Wildman–Crippen LogP) is 3.13. The van der Waals surface area contributed by atoms with Crippen molar-refractivity contribution in [1.82, 2.24) is 10.3 Å². The molecule has 0 aliphatic heterocycles. The van der Waals surface area contributed by atoms with Crippen LogP contribution in [0.25, 0.3) is 0 Å². The highest BCUT2D eigenvalue weighted by Crippen LogP contribution is 2.37. The normalized spacial score (nSPS) is 10.5. The fourth-order valence-electron chi connectivity index (χ4n) is 1.96. The van der Waals surface area contributed by atoms with Crippen molar-refractivity contribution in [2.24, 2.45) is 5.92 Å². The molecule has 0 radical (unpaired) electrons. The van der Waals surface area contributed by atoms with E-state index in [1.54, 1.807) is 31.7 Å². The van der Waals surface area contributed by atoms with E-state index in [1.165, 1.54) is 11.3 Å². The van der Waals surface area contributed by atoms with Crippen LogP contribution < -0.4 is 19.5 Å². The van der Waals surface area contributed by atoms with Crippen LogP contribution in [0.3, 0.4) is 0 Å². The molecular formula is C17H22N2O4S. The van der Waals surface area contributed by atoms with Crippen molar-refractivity contribution in [3.8, 4) is 17.2 Å². The van der Waals surface area contributed by atoms with E-state index in [0.29, 0.717) is 40.4 Å². The van der Waals surface area contributed by atoms with Crippen LogP contribution >= 0.6 is 11.3 Å². The first-order valence-corrected chi connectivity index (χ1v) is 8.49. The maximum absolute atomic E-state index is 12.0. The quantitative estimate of drug-likeness (QED) is 0.792. The highest BCUT2D eigenvalue weighted by molar-refractivity contribution is 7.09. The maximum Gasteiger partial charge on any atom is 0.270 e. The topological polar surface area (TPSA) is 69.7 Å². The lowest BCUT2D eigenvalue weighted by atomic mass is 10.2. The second-order valence-corrected chi connectivity index (χ2v) is 6.45. The number of nitrogens with one attached hydrogen (secondary N) is 1. The van der Waals surface area contributed by atoms with E-state index in [0.717, 1.165) is 0 Å². The van der Waals surface area contributed by atoms with Gasteiger partial charge in [-0.05, 0) is 18.1 Å². The summed E-state index contributed by atoms with van der Waals surface area (Å²) in [5, 5.41) is 5.28. The number of carbonyl (C=O) groups is 1. The highest BCUT2D eigenvalue weighted by Gasteiger charge is 2.14. The molecule has 1 aromatic carbocycles. The van der Waals surface area contributed by atoms with Crippen LogP contribution in [0.1, 0.15) is 29.3 Å². The van der Waals surface area contributed by atoms with Crippen LogP contribution in [0.15, 0.2) is 23.6 Å². The lowest BCUT2D eigenvalue weighted by Crippen LogP contribution is -2.27. The zero-order valence-corrected chi connectivity index (χ0v) is 15.1. The molecule has 1 heterocycles. The van der Waals surface area contributed by atoms with Crippen molar-refractivity contribution < 1.29 is 19.0 Å². The number of carbonyl (C=O) groups excluding carboxylic acids is 1. The van der Waals surface area contributed by atoms with Gasteiger partial charge in [0.15, 0.2) is 11.5 Å². The SMILES string of the molecule is COc1cccc(OC)c1OCc1nc(C(=O)NCC(C)C)cs1.